The quantitative estimate of drug-likeness (QED) is 0.844. The highest BCUT2D eigenvalue weighted by Crippen LogP contribution is 2.33. The largest absolute Gasteiger partial charge is 0.475 e. The lowest BCUT2D eigenvalue weighted by Crippen LogP contribution is -2.34. The van der Waals surface area contributed by atoms with Gasteiger partial charge in [0.15, 0.2) is 0 Å². The Balaban J connectivity index is 2.25. The molecule has 1 unspecified atom stereocenters. The molecule has 1 aromatic rings. The summed E-state index contributed by atoms with van der Waals surface area (Å²) in [6.45, 7) is 3.24. The highest BCUT2D eigenvalue weighted by molar-refractivity contribution is 7.89. The first-order chi connectivity index (χ1) is 8.31. The van der Waals surface area contributed by atoms with E-state index in [2.05, 4.69) is 4.72 Å². The van der Waals surface area contributed by atoms with Gasteiger partial charge in [-0.2, -0.15) is 0 Å². The third-order valence-corrected chi connectivity index (χ3v) is 4.71. The Kier molecular flexibility index (Phi) is 3.20. The predicted molar refractivity (Wildman–Crippen MR) is 62.9 cm³/mol. The van der Waals surface area contributed by atoms with Crippen LogP contribution in [0, 0.1) is 12.8 Å². The molecule has 100 valence electrons. The highest BCUT2D eigenvalue weighted by atomic mass is 32.2. The lowest BCUT2D eigenvalue weighted by Gasteiger charge is -2.12. The minimum Gasteiger partial charge on any atom is -0.475 e. The van der Waals surface area contributed by atoms with Crippen molar-refractivity contribution in [1.29, 1.82) is 0 Å². The van der Waals surface area contributed by atoms with E-state index in [1.165, 1.54) is 6.92 Å². The van der Waals surface area contributed by atoms with Gasteiger partial charge in [0.2, 0.25) is 15.8 Å². The summed E-state index contributed by atoms with van der Waals surface area (Å²) in [5.41, 5.74) is 0. The van der Waals surface area contributed by atoms with Crippen molar-refractivity contribution in [1.82, 2.24) is 4.72 Å². The van der Waals surface area contributed by atoms with E-state index in [4.69, 9.17) is 9.52 Å². The molecule has 6 nitrogen and oxygen atoms in total. The number of aryl methyl sites for hydroxylation is 1. The predicted octanol–water partition coefficient (Wildman–Crippen LogP) is 1.36. The summed E-state index contributed by atoms with van der Waals surface area (Å²) >= 11 is 0. The van der Waals surface area contributed by atoms with Gasteiger partial charge in [-0.3, -0.25) is 0 Å². The van der Waals surface area contributed by atoms with E-state index >= 15 is 0 Å². The summed E-state index contributed by atoms with van der Waals surface area (Å²) in [5, 5.41) is 8.76. The lowest BCUT2D eigenvalue weighted by atomic mass is 10.2. The van der Waals surface area contributed by atoms with Gasteiger partial charge in [0.05, 0.1) is 0 Å². The molecule has 0 aromatic carbocycles. The highest BCUT2D eigenvalue weighted by Gasteiger charge is 2.32. The van der Waals surface area contributed by atoms with Crippen LogP contribution in [0.2, 0.25) is 0 Å². The van der Waals surface area contributed by atoms with Crippen LogP contribution >= 0.6 is 0 Å². The second kappa shape index (κ2) is 4.40. The summed E-state index contributed by atoms with van der Waals surface area (Å²) in [7, 11) is -3.71. The van der Waals surface area contributed by atoms with E-state index in [1.54, 1.807) is 0 Å². The first-order valence-electron chi connectivity index (χ1n) is 5.67. The van der Waals surface area contributed by atoms with Crippen LogP contribution in [0.4, 0.5) is 0 Å². The van der Waals surface area contributed by atoms with E-state index in [9.17, 15) is 13.2 Å². The third-order valence-electron chi connectivity index (χ3n) is 3.04. The molecule has 2 N–H and O–H groups in total. The van der Waals surface area contributed by atoms with E-state index in [-0.39, 0.29) is 22.5 Å². The second-order valence-electron chi connectivity index (χ2n) is 4.58. The Labute approximate surface area is 105 Å². The van der Waals surface area contributed by atoms with Crippen molar-refractivity contribution < 1.29 is 22.7 Å². The van der Waals surface area contributed by atoms with Gasteiger partial charge in [0, 0.05) is 12.1 Å². The molecule has 1 aromatic heterocycles. The molecule has 0 aliphatic heterocycles. The second-order valence-corrected chi connectivity index (χ2v) is 6.27. The molecule has 7 heteroatoms. The average molecular weight is 273 g/mol. The maximum atomic E-state index is 12.1. The number of sulfonamides is 1. The normalized spacial score (nSPS) is 17.7. The van der Waals surface area contributed by atoms with Gasteiger partial charge >= 0.3 is 5.97 Å². The average Bonchev–Trinajstić information content (AvgIpc) is 3.00. The van der Waals surface area contributed by atoms with E-state index in [0.717, 1.165) is 18.9 Å². The molecule has 0 saturated heterocycles. The zero-order valence-corrected chi connectivity index (χ0v) is 11.0. The van der Waals surface area contributed by atoms with Crippen molar-refractivity contribution in [3.63, 3.8) is 0 Å². The van der Waals surface area contributed by atoms with Crippen molar-refractivity contribution in [2.24, 2.45) is 5.92 Å². The Morgan fingerprint density at radius 3 is 2.61 bits per heavy atom. The van der Waals surface area contributed by atoms with Gasteiger partial charge in [-0.05, 0) is 32.6 Å². The molecule has 18 heavy (non-hydrogen) atoms. The van der Waals surface area contributed by atoms with Gasteiger partial charge in [-0.25, -0.2) is 17.9 Å². The fraction of sp³-hybridized carbons (Fsp3) is 0.545. The van der Waals surface area contributed by atoms with Gasteiger partial charge < -0.3 is 9.52 Å². The van der Waals surface area contributed by atoms with Crippen molar-refractivity contribution in [2.45, 2.75) is 37.6 Å². The number of carboxylic acids is 1. The zero-order chi connectivity index (χ0) is 13.5. The molecule has 1 aliphatic carbocycles. The van der Waals surface area contributed by atoms with Gasteiger partial charge in [0.25, 0.3) is 0 Å². The molecule has 0 amide bonds. The smallest absolute Gasteiger partial charge is 0.371 e. The van der Waals surface area contributed by atoms with Crippen LogP contribution in [-0.4, -0.2) is 25.5 Å². The van der Waals surface area contributed by atoms with Crippen molar-refractivity contribution in [3.8, 4) is 0 Å². The Hall–Kier alpha value is -1.34. The summed E-state index contributed by atoms with van der Waals surface area (Å²) < 4.78 is 31.6. The van der Waals surface area contributed by atoms with Crippen molar-refractivity contribution in [2.75, 3.05) is 0 Å². The standard InChI is InChI=1S/C11H15NO5S/c1-6(8-3-4-8)12-18(15,16)10-5-9(11(13)14)17-7(10)2/h5-6,8,12H,3-4H2,1-2H3,(H,13,14). The molecule has 0 bridgehead atoms. The number of hydrogen-bond donors (Lipinski definition) is 2. The zero-order valence-electron chi connectivity index (χ0n) is 10.1. The number of rotatable bonds is 5. The molecule has 0 radical (unpaired) electrons. The van der Waals surface area contributed by atoms with Crippen LogP contribution < -0.4 is 4.72 Å². The minimum absolute atomic E-state index is 0.0860. The molecule has 1 atom stereocenters. The molecule has 0 spiro atoms. The monoisotopic (exact) mass is 273 g/mol. The van der Waals surface area contributed by atoms with Crippen LogP contribution in [0.5, 0.6) is 0 Å². The number of hydrogen-bond acceptors (Lipinski definition) is 4. The van der Waals surface area contributed by atoms with Crippen molar-refractivity contribution in [3.05, 3.63) is 17.6 Å². The lowest BCUT2D eigenvalue weighted by molar-refractivity contribution is 0.0661. The van der Waals surface area contributed by atoms with E-state index in [0.29, 0.717) is 5.92 Å². The van der Waals surface area contributed by atoms with Crippen LogP contribution in [0.3, 0.4) is 0 Å². The first kappa shape index (κ1) is 13.1. The molecule has 1 heterocycles. The summed E-state index contributed by atoms with van der Waals surface area (Å²) in [6, 6.07) is 0.900. The topological polar surface area (TPSA) is 96.6 Å². The maximum absolute atomic E-state index is 12.1. The molecular weight excluding hydrogens is 258 g/mol. The minimum atomic E-state index is -3.71. The van der Waals surface area contributed by atoms with Gasteiger partial charge in [0.1, 0.15) is 10.7 Å². The number of carbonyl (C=O) groups is 1. The fourth-order valence-electron chi connectivity index (χ4n) is 1.84. The number of aromatic carboxylic acids is 1. The first-order valence-corrected chi connectivity index (χ1v) is 7.15. The number of furan rings is 1. The molecule has 1 aliphatic rings. The molecule has 1 saturated carbocycles. The molecule has 1 fully saturated rings. The maximum Gasteiger partial charge on any atom is 0.371 e. The summed E-state index contributed by atoms with van der Waals surface area (Å²) in [5.74, 6) is -1.18. The summed E-state index contributed by atoms with van der Waals surface area (Å²) in [4.78, 5) is 10.6. The van der Waals surface area contributed by atoms with Crippen molar-refractivity contribution >= 4 is 16.0 Å². The SMILES string of the molecule is Cc1oc(C(=O)O)cc1S(=O)(=O)NC(C)C1CC1. The molecule has 2 rings (SSSR count). The van der Waals surface area contributed by atoms with E-state index in [1.807, 2.05) is 6.92 Å². The third kappa shape index (κ3) is 2.56. The van der Waals surface area contributed by atoms with Gasteiger partial charge in [-0.1, -0.05) is 0 Å². The Morgan fingerprint density at radius 1 is 1.56 bits per heavy atom. The summed E-state index contributed by atoms with van der Waals surface area (Å²) in [6.07, 6.45) is 2.04. The van der Waals surface area contributed by atoms with Crippen LogP contribution in [-0.2, 0) is 10.0 Å². The number of nitrogens with one attached hydrogen (secondary N) is 1. The van der Waals surface area contributed by atoms with Crippen LogP contribution in [0.15, 0.2) is 15.4 Å². The van der Waals surface area contributed by atoms with Gasteiger partial charge in [-0.15, -0.1) is 0 Å². The van der Waals surface area contributed by atoms with E-state index < -0.39 is 16.0 Å². The Morgan fingerprint density at radius 2 is 2.17 bits per heavy atom. The van der Waals surface area contributed by atoms with Crippen LogP contribution in [0.25, 0.3) is 0 Å². The molecular formula is C11H15NO5S. The number of carboxylic acid groups (broad SMARTS) is 1. The van der Waals surface area contributed by atoms with Crippen LogP contribution in [0.1, 0.15) is 36.1 Å². The fourth-order valence-corrected chi connectivity index (χ4v) is 3.33. The Bertz CT molecular complexity index is 570.